The first kappa shape index (κ1) is 29.1. The van der Waals surface area contributed by atoms with Crippen LogP contribution in [0.2, 0.25) is 0 Å². The van der Waals surface area contributed by atoms with Crippen LogP contribution in [0.1, 0.15) is 111 Å². The number of unbranched alkanes of at least 4 members (excludes halogenated alkanes) is 4. The number of esters is 1. The van der Waals surface area contributed by atoms with Gasteiger partial charge in [-0.05, 0) is 38.0 Å². The number of carbonyl (C=O) groups excluding carboxylic acids is 1. The number of hydrogen-bond acceptors (Lipinski definition) is 4. The molecule has 1 fully saturated rings. The lowest BCUT2D eigenvalue weighted by Crippen LogP contribution is -2.17. The fourth-order valence-corrected chi connectivity index (χ4v) is 3.68. The van der Waals surface area contributed by atoms with Gasteiger partial charge in [0, 0.05) is 5.57 Å². The number of hydrogen-bond donors (Lipinski definition) is 2. The van der Waals surface area contributed by atoms with Gasteiger partial charge in [-0.25, -0.2) is 4.79 Å². The third kappa shape index (κ3) is 15.6. The predicted octanol–water partition coefficient (Wildman–Crippen LogP) is 6.38. The Morgan fingerprint density at radius 1 is 0.935 bits per heavy atom. The summed E-state index contributed by atoms with van der Waals surface area (Å²) in [4.78, 5) is 32.7. The molecule has 180 valence electrons. The van der Waals surface area contributed by atoms with Crippen LogP contribution >= 0.6 is 0 Å². The maximum absolute atomic E-state index is 12.0. The first-order valence-electron chi connectivity index (χ1n) is 12.2. The summed E-state index contributed by atoms with van der Waals surface area (Å²) in [6, 6.07) is 0. The largest absolute Gasteiger partial charge is 0.481 e. The van der Waals surface area contributed by atoms with Gasteiger partial charge >= 0.3 is 17.9 Å². The molecule has 0 spiro atoms. The van der Waals surface area contributed by atoms with E-state index in [2.05, 4.69) is 13.0 Å². The average molecular weight is 441 g/mol. The second-order valence-corrected chi connectivity index (χ2v) is 8.42. The van der Waals surface area contributed by atoms with Crippen LogP contribution in [0.15, 0.2) is 11.6 Å². The van der Waals surface area contributed by atoms with Crippen LogP contribution in [0.4, 0.5) is 0 Å². The van der Waals surface area contributed by atoms with Gasteiger partial charge in [0.2, 0.25) is 0 Å². The molecule has 1 rings (SSSR count). The molecule has 0 amide bonds. The van der Waals surface area contributed by atoms with Gasteiger partial charge in [0.25, 0.3) is 0 Å². The smallest absolute Gasteiger partial charge is 0.333 e. The highest BCUT2D eigenvalue weighted by Gasteiger charge is 2.19. The summed E-state index contributed by atoms with van der Waals surface area (Å²) in [7, 11) is 0. The number of rotatable bonds is 14. The van der Waals surface area contributed by atoms with Crippen molar-refractivity contribution < 1.29 is 29.3 Å². The van der Waals surface area contributed by atoms with Crippen LogP contribution in [0.25, 0.3) is 0 Å². The summed E-state index contributed by atoms with van der Waals surface area (Å²) in [6.45, 7) is 6.77. The molecule has 6 nitrogen and oxygen atoms in total. The molecule has 0 radical (unpaired) electrons. The number of aliphatic carboxylic acids is 2. The van der Waals surface area contributed by atoms with Gasteiger partial charge in [0.05, 0.1) is 18.9 Å². The monoisotopic (exact) mass is 440 g/mol. The molecule has 31 heavy (non-hydrogen) atoms. The molecule has 0 heterocycles. The Balaban J connectivity index is 0.000000649. The van der Waals surface area contributed by atoms with Gasteiger partial charge in [-0.2, -0.15) is 0 Å². The molecule has 0 aromatic carbocycles. The van der Waals surface area contributed by atoms with E-state index in [1.807, 2.05) is 13.8 Å². The predicted molar refractivity (Wildman–Crippen MR) is 123 cm³/mol. The number of carboxylic acids is 2. The van der Waals surface area contributed by atoms with Gasteiger partial charge in [0.15, 0.2) is 0 Å². The summed E-state index contributed by atoms with van der Waals surface area (Å²) >= 11 is 0. The Morgan fingerprint density at radius 3 is 2.10 bits per heavy atom. The first-order valence-corrected chi connectivity index (χ1v) is 12.2. The average Bonchev–Trinajstić information content (AvgIpc) is 2.75. The second kappa shape index (κ2) is 18.9. The third-order valence-corrected chi connectivity index (χ3v) is 5.64. The second-order valence-electron chi connectivity index (χ2n) is 8.42. The van der Waals surface area contributed by atoms with Gasteiger partial charge < -0.3 is 14.9 Å². The number of ether oxygens (including phenoxy) is 1. The molecule has 1 aliphatic carbocycles. The summed E-state index contributed by atoms with van der Waals surface area (Å²) in [5.41, 5.74) is 0.891. The molecule has 0 aromatic rings. The van der Waals surface area contributed by atoms with Crippen LogP contribution in [-0.2, 0) is 19.1 Å². The molecule has 1 atom stereocenters. The molecule has 0 bridgehead atoms. The van der Waals surface area contributed by atoms with E-state index in [1.165, 1.54) is 44.9 Å². The van der Waals surface area contributed by atoms with E-state index in [0.717, 1.165) is 37.7 Å². The lowest BCUT2D eigenvalue weighted by Gasteiger charge is -2.19. The van der Waals surface area contributed by atoms with E-state index in [9.17, 15) is 14.4 Å². The Kier molecular flexibility index (Phi) is 17.8. The highest BCUT2D eigenvalue weighted by Crippen LogP contribution is 2.26. The first-order chi connectivity index (χ1) is 14.8. The van der Waals surface area contributed by atoms with Crippen LogP contribution in [0.5, 0.6) is 0 Å². The Bertz CT molecular complexity index is 534. The van der Waals surface area contributed by atoms with Crippen LogP contribution < -0.4 is 0 Å². The SMILES string of the molecule is CCCCC(CC(=O)O)C(=O)O.CCCCCCOC(=O)C(=CC1CCCCC1)CC. The Morgan fingerprint density at radius 2 is 1.58 bits per heavy atom. The van der Waals surface area contributed by atoms with Gasteiger partial charge in [-0.3, -0.25) is 9.59 Å². The van der Waals surface area contributed by atoms with E-state index in [0.29, 0.717) is 18.9 Å². The zero-order valence-corrected chi connectivity index (χ0v) is 19.9. The van der Waals surface area contributed by atoms with E-state index >= 15 is 0 Å². The molecule has 0 aromatic heterocycles. The fourth-order valence-electron chi connectivity index (χ4n) is 3.68. The minimum absolute atomic E-state index is 0.0791. The topological polar surface area (TPSA) is 101 Å². The van der Waals surface area contributed by atoms with Gasteiger partial charge in [-0.15, -0.1) is 0 Å². The Labute approximate surface area is 188 Å². The van der Waals surface area contributed by atoms with E-state index < -0.39 is 17.9 Å². The van der Waals surface area contributed by atoms with Crippen molar-refractivity contribution in [3.05, 3.63) is 11.6 Å². The lowest BCUT2D eigenvalue weighted by molar-refractivity contribution is -0.148. The lowest BCUT2D eigenvalue weighted by atomic mass is 9.87. The molecule has 6 heteroatoms. The summed E-state index contributed by atoms with van der Waals surface area (Å²) < 4.78 is 5.38. The molecule has 0 saturated heterocycles. The minimum Gasteiger partial charge on any atom is -0.481 e. The highest BCUT2D eigenvalue weighted by atomic mass is 16.5. The molecule has 2 N–H and O–H groups in total. The zero-order chi connectivity index (χ0) is 23.5. The van der Waals surface area contributed by atoms with Crippen LogP contribution in [0, 0.1) is 11.8 Å². The van der Waals surface area contributed by atoms with Crippen molar-refractivity contribution in [2.24, 2.45) is 11.8 Å². The molecule has 0 aliphatic heterocycles. The minimum atomic E-state index is -1.04. The van der Waals surface area contributed by atoms with Crippen molar-refractivity contribution in [2.45, 2.75) is 111 Å². The maximum Gasteiger partial charge on any atom is 0.333 e. The molecule has 1 aliphatic rings. The van der Waals surface area contributed by atoms with Gasteiger partial charge in [0.1, 0.15) is 0 Å². The zero-order valence-electron chi connectivity index (χ0n) is 19.9. The standard InChI is InChI=1S/C17H30O2.C8H14O4/c1-3-5-6-10-13-19-17(18)16(4-2)14-15-11-8-7-9-12-15;1-2-3-4-6(8(11)12)5-7(9)10/h14-15H,3-13H2,1-2H3;6H,2-5H2,1H3,(H,9,10)(H,11,12). The number of allylic oxidation sites excluding steroid dienone is 1. The summed E-state index contributed by atoms with van der Waals surface area (Å²) in [5.74, 6) is -2.24. The van der Waals surface area contributed by atoms with E-state index in [1.54, 1.807) is 0 Å². The number of carboxylic acid groups (broad SMARTS) is 2. The van der Waals surface area contributed by atoms with Crippen molar-refractivity contribution in [3.63, 3.8) is 0 Å². The van der Waals surface area contributed by atoms with Crippen molar-refractivity contribution in [1.82, 2.24) is 0 Å². The molecule has 1 saturated carbocycles. The summed E-state index contributed by atoms with van der Waals surface area (Å²) in [5, 5.41) is 17.0. The van der Waals surface area contributed by atoms with Gasteiger partial charge in [-0.1, -0.05) is 78.2 Å². The van der Waals surface area contributed by atoms with Crippen LogP contribution in [-0.4, -0.2) is 34.7 Å². The molecular formula is C25H44O6. The third-order valence-electron chi connectivity index (χ3n) is 5.64. The van der Waals surface area contributed by atoms with Crippen molar-refractivity contribution >= 4 is 17.9 Å². The van der Waals surface area contributed by atoms with Crippen LogP contribution in [0.3, 0.4) is 0 Å². The van der Waals surface area contributed by atoms with Crippen molar-refractivity contribution in [2.75, 3.05) is 6.61 Å². The van der Waals surface area contributed by atoms with E-state index in [4.69, 9.17) is 14.9 Å². The van der Waals surface area contributed by atoms with E-state index in [-0.39, 0.29) is 12.4 Å². The summed E-state index contributed by atoms with van der Waals surface area (Å²) in [6.07, 6.45) is 15.9. The van der Waals surface area contributed by atoms with Crippen molar-refractivity contribution in [3.8, 4) is 0 Å². The van der Waals surface area contributed by atoms with Crippen molar-refractivity contribution in [1.29, 1.82) is 0 Å². The quantitative estimate of drug-likeness (QED) is 0.185. The molecular weight excluding hydrogens is 396 g/mol. The molecule has 1 unspecified atom stereocenters. The number of carbonyl (C=O) groups is 3. The highest BCUT2D eigenvalue weighted by molar-refractivity contribution is 5.88. The fraction of sp³-hybridized carbons (Fsp3) is 0.800. The normalized spacial score (nSPS) is 15.5. The Hall–Kier alpha value is -1.85. The maximum atomic E-state index is 12.0.